The minimum Gasteiger partial charge on any atom is -0.322 e. The van der Waals surface area contributed by atoms with E-state index in [9.17, 15) is 9.18 Å². The number of halogens is 2. The Hall–Kier alpha value is -1.92. The van der Waals surface area contributed by atoms with Crippen molar-refractivity contribution < 1.29 is 9.18 Å². The molecule has 0 saturated heterocycles. The van der Waals surface area contributed by atoms with Crippen LogP contribution in [0.4, 0.5) is 15.8 Å². The van der Waals surface area contributed by atoms with E-state index in [1.54, 1.807) is 24.3 Å². The Balaban J connectivity index is 2.25. The van der Waals surface area contributed by atoms with Crippen LogP contribution in [0.3, 0.4) is 0 Å². The lowest BCUT2D eigenvalue weighted by Gasteiger charge is -2.10. The van der Waals surface area contributed by atoms with Gasteiger partial charge in [-0.25, -0.2) is 4.39 Å². The third kappa shape index (κ3) is 3.10. The van der Waals surface area contributed by atoms with Crippen LogP contribution in [-0.4, -0.2) is 5.91 Å². The van der Waals surface area contributed by atoms with Gasteiger partial charge in [0.1, 0.15) is 5.82 Å². The predicted octanol–water partition coefficient (Wildman–Crippen LogP) is 3.13. The molecule has 0 atom stereocenters. The standard InChI is InChI=1S/C13H11BrFN3O/c14-8-4-6-9(7-5-8)17-13(19)10-2-1-3-11(15)12(10)18-16/h1-7,18H,16H2,(H,17,19). The highest BCUT2D eigenvalue weighted by molar-refractivity contribution is 9.10. The molecule has 0 aromatic heterocycles. The number of hydrazine groups is 1. The molecule has 0 saturated carbocycles. The van der Waals surface area contributed by atoms with Crippen molar-refractivity contribution in [2.45, 2.75) is 0 Å². The topological polar surface area (TPSA) is 67.1 Å². The summed E-state index contributed by atoms with van der Waals surface area (Å²) in [5.74, 6) is 4.21. The largest absolute Gasteiger partial charge is 0.322 e. The van der Waals surface area contributed by atoms with Crippen LogP contribution in [0, 0.1) is 5.82 Å². The Morgan fingerprint density at radius 2 is 1.84 bits per heavy atom. The van der Waals surface area contributed by atoms with E-state index in [0.29, 0.717) is 5.69 Å². The van der Waals surface area contributed by atoms with Crippen LogP contribution in [-0.2, 0) is 0 Å². The molecule has 0 unspecified atom stereocenters. The van der Waals surface area contributed by atoms with Crippen molar-refractivity contribution in [3.05, 3.63) is 58.3 Å². The van der Waals surface area contributed by atoms with Crippen molar-refractivity contribution in [2.24, 2.45) is 5.84 Å². The number of benzene rings is 2. The first-order chi connectivity index (χ1) is 9.11. The number of hydrogen-bond acceptors (Lipinski definition) is 3. The summed E-state index contributed by atoms with van der Waals surface area (Å²) in [5.41, 5.74) is 2.92. The summed E-state index contributed by atoms with van der Waals surface area (Å²) in [6.45, 7) is 0. The second kappa shape index (κ2) is 5.81. The summed E-state index contributed by atoms with van der Waals surface area (Å²) in [6.07, 6.45) is 0. The highest BCUT2D eigenvalue weighted by atomic mass is 79.9. The summed E-state index contributed by atoms with van der Waals surface area (Å²) in [5, 5.41) is 2.67. The molecule has 0 radical (unpaired) electrons. The van der Waals surface area contributed by atoms with Gasteiger partial charge in [-0.2, -0.15) is 0 Å². The number of nitrogen functional groups attached to an aromatic ring is 1. The zero-order chi connectivity index (χ0) is 13.8. The van der Waals surface area contributed by atoms with Crippen molar-refractivity contribution in [1.82, 2.24) is 0 Å². The molecule has 2 aromatic rings. The molecule has 0 aliphatic heterocycles. The van der Waals surface area contributed by atoms with Gasteiger partial charge in [0.2, 0.25) is 0 Å². The maximum Gasteiger partial charge on any atom is 0.257 e. The molecule has 0 bridgehead atoms. The molecule has 0 fully saturated rings. The Kier molecular flexibility index (Phi) is 4.13. The van der Waals surface area contributed by atoms with E-state index in [4.69, 9.17) is 5.84 Å². The molecule has 0 heterocycles. The Labute approximate surface area is 117 Å². The van der Waals surface area contributed by atoms with Gasteiger partial charge in [-0.05, 0) is 36.4 Å². The quantitative estimate of drug-likeness (QED) is 0.600. The first-order valence-corrected chi connectivity index (χ1v) is 6.23. The van der Waals surface area contributed by atoms with Crippen LogP contribution in [0.2, 0.25) is 0 Å². The minimum absolute atomic E-state index is 0.0305. The summed E-state index contributed by atoms with van der Waals surface area (Å²) in [7, 11) is 0. The molecule has 0 aliphatic rings. The molecule has 4 N–H and O–H groups in total. The molecule has 1 amide bonds. The second-order valence-corrected chi connectivity index (χ2v) is 4.68. The molecule has 4 nitrogen and oxygen atoms in total. The minimum atomic E-state index is -0.578. The molecule has 98 valence electrons. The SMILES string of the molecule is NNc1c(F)cccc1C(=O)Nc1ccc(Br)cc1. The number of amides is 1. The van der Waals surface area contributed by atoms with Crippen molar-refractivity contribution >= 4 is 33.2 Å². The van der Waals surface area contributed by atoms with Crippen molar-refractivity contribution in [1.29, 1.82) is 0 Å². The highest BCUT2D eigenvalue weighted by Gasteiger charge is 2.14. The second-order valence-electron chi connectivity index (χ2n) is 3.77. The first-order valence-electron chi connectivity index (χ1n) is 5.44. The first kappa shape index (κ1) is 13.5. The number of para-hydroxylation sites is 1. The fourth-order valence-electron chi connectivity index (χ4n) is 1.59. The van der Waals surface area contributed by atoms with E-state index >= 15 is 0 Å². The number of anilines is 2. The molecular formula is C13H11BrFN3O. The fourth-order valence-corrected chi connectivity index (χ4v) is 1.86. The van der Waals surface area contributed by atoms with Crippen LogP contribution >= 0.6 is 15.9 Å². The number of nitrogens with two attached hydrogens (primary N) is 1. The van der Waals surface area contributed by atoms with Gasteiger partial charge in [0.05, 0.1) is 11.3 Å². The van der Waals surface area contributed by atoms with Crippen molar-refractivity contribution in [2.75, 3.05) is 10.7 Å². The predicted molar refractivity (Wildman–Crippen MR) is 76.3 cm³/mol. The molecule has 6 heteroatoms. The van der Waals surface area contributed by atoms with Crippen LogP contribution < -0.4 is 16.6 Å². The smallest absolute Gasteiger partial charge is 0.257 e. The lowest BCUT2D eigenvalue weighted by atomic mass is 10.1. The maximum absolute atomic E-state index is 13.5. The Morgan fingerprint density at radius 3 is 2.47 bits per heavy atom. The van der Waals surface area contributed by atoms with E-state index < -0.39 is 11.7 Å². The van der Waals surface area contributed by atoms with E-state index in [1.165, 1.54) is 18.2 Å². The number of rotatable bonds is 3. The van der Waals surface area contributed by atoms with Gasteiger partial charge in [0, 0.05) is 10.2 Å². The van der Waals surface area contributed by atoms with Gasteiger partial charge in [0.15, 0.2) is 0 Å². The lowest BCUT2D eigenvalue weighted by Crippen LogP contribution is -2.18. The van der Waals surface area contributed by atoms with Gasteiger partial charge in [-0.3, -0.25) is 10.6 Å². The molecule has 19 heavy (non-hydrogen) atoms. The molecule has 0 aliphatic carbocycles. The zero-order valence-corrected chi connectivity index (χ0v) is 11.4. The Bertz CT molecular complexity index is 601. The normalized spacial score (nSPS) is 10.1. The molecule has 2 aromatic carbocycles. The third-order valence-corrected chi connectivity index (χ3v) is 3.03. The zero-order valence-electron chi connectivity index (χ0n) is 9.78. The number of nitrogens with one attached hydrogen (secondary N) is 2. The summed E-state index contributed by atoms with van der Waals surface area (Å²) >= 11 is 3.30. The van der Waals surface area contributed by atoms with Gasteiger partial charge in [-0.1, -0.05) is 22.0 Å². The average molecular weight is 324 g/mol. The van der Waals surface area contributed by atoms with E-state index in [2.05, 4.69) is 26.7 Å². The molecular weight excluding hydrogens is 313 g/mol. The van der Waals surface area contributed by atoms with Crippen LogP contribution in [0.1, 0.15) is 10.4 Å². The monoisotopic (exact) mass is 323 g/mol. The van der Waals surface area contributed by atoms with E-state index in [1.807, 2.05) is 0 Å². The van der Waals surface area contributed by atoms with Crippen LogP contribution in [0.25, 0.3) is 0 Å². The van der Waals surface area contributed by atoms with Gasteiger partial charge >= 0.3 is 0 Å². The number of hydrogen-bond donors (Lipinski definition) is 3. The summed E-state index contributed by atoms with van der Waals surface area (Å²) in [4.78, 5) is 12.0. The number of carbonyl (C=O) groups excluding carboxylic acids is 1. The number of carbonyl (C=O) groups is 1. The lowest BCUT2D eigenvalue weighted by molar-refractivity contribution is 0.102. The van der Waals surface area contributed by atoms with Gasteiger partial charge in [-0.15, -0.1) is 0 Å². The van der Waals surface area contributed by atoms with Crippen molar-refractivity contribution in [3.8, 4) is 0 Å². The van der Waals surface area contributed by atoms with E-state index in [-0.39, 0.29) is 11.3 Å². The molecule has 0 spiro atoms. The van der Waals surface area contributed by atoms with Gasteiger partial charge in [0.25, 0.3) is 5.91 Å². The van der Waals surface area contributed by atoms with E-state index in [0.717, 1.165) is 4.47 Å². The Morgan fingerprint density at radius 1 is 1.16 bits per heavy atom. The summed E-state index contributed by atoms with van der Waals surface area (Å²) < 4.78 is 14.4. The third-order valence-electron chi connectivity index (χ3n) is 2.50. The average Bonchev–Trinajstić information content (AvgIpc) is 2.41. The van der Waals surface area contributed by atoms with Crippen molar-refractivity contribution in [3.63, 3.8) is 0 Å². The highest BCUT2D eigenvalue weighted by Crippen LogP contribution is 2.21. The molecule has 2 rings (SSSR count). The van der Waals surface area contributed by atoms with Gasteiger partial charge < -0.3 is 10.7 Å². The van der Waals surface area contributed by atoms with Crippen LogP contribution in [0.5, 0.6) is 0 Å². The fraction of sp³-hybridized carbons (Fsp3) is 0. The summed E-state index contributed by atoms with van der Waals surface area (Å²) in [6, 6.07) is 11.2. The maximum atomic E-state index is 13.5. The van der Waals surface area contributed by atoms with Crippen LogP contribution in [0.15, 0.2) is 46.9 Å².